The van der Waals surface area contributed by atoms with Crippen LogP contribution in [0.25, 0.3) is 10.9 Å². The Hall–Kier alpha value is -1.84. The maximum atomic E-state index is 11.4. The SMILES string of the molecule is COC(=O)c1n[nH]c2cc(C(C)C)ccc12. The van der Waals surface area contributed by atoms with E-state index in [4.69, 9.17) is 0 Å². The van der Waals surface area contributed by atoms with Gasteiger partial charge in [0, 0.05) is 5.39 Å². The Balaban J connectivity index is 2.54. The molecule has 0 radical (unpaired) electrons. The summed E-state index contributed by atoms with van der Waals surface area (Å²) in [5, 5.41) is 7.62. The third kappa shape index (κ3) is 1.66. The van der Waals surface area contributed by atoms with Gasteiger partial charge in [-0.05, 0) is 17.5 Å². The number of aromatic nitrogens is 2. The summed E-state index contributed by atoms with van der Waals surface area (Å²) >= 11 is 0. The van der Waals surface area contributed by atoms with Crippen molar-refractivity contribution in [2.45, 2.75) is 19.8 Å². The third-order valence-corrected chi connectivity index (χ3v) is 2.63. The number of nitrogens with zero attached hydrogens (tertiary/aromatic N) is 1. The first-order chi connectivity index (χ1) is 7.63. The van der Waals surface area contributed by atoms with Gasteiger partial charge in [-0.15, -0.1) is 0 Å². The van der Waals surface area contributed by atoms with Gasteiger partial charge >= 0.3 is 5.97 Å². The van der Waals surface area contributed by atoms with Gasteiger partial charge in [0.15, 0.2) is 5.69 Å². The van der Waals surface area contributed by atoms with Gasteiger partial charge in [-0.2, -0.15) is 5.10 Å². The van der Waals surface area contributed by atoms with E-state index in [0.717, 1.165) is 10.9 Å². The molecule has 0 aliphatic carbocycles. The van der Waals surface area contributed by atoms with Crippen molar-refractivity contribution in [2.75, 3.05) is 7.11 Å². The summed E-state index contributed by atoms with van der Waals surface area (Å²) in [6, 6.07) is 5.93. The van der Waals surface area contributed by atoms with Crippen molar-refractivity contribution in [2.24, 2.45) is 0 Å². The molecular weight excluding hydrogens is 204 g/mol. The van der Waals surface area contributed by atoms with Gasteiger partial charge in [0.1, 0.15) is 0 Å². The molecule has 84 valence electrons. The lowest BCUT2D eigenvalue weighted by molar-refractivity contribution is 0.0596. The van der Waals surface area contributed by atoms with E-state index < -0.39 is 5.97 Å². The number of hydrogen-bond acceptors (Lipinski definition) is 3. The van der Waals surface area contributed by atoms with Gasteiger partial charge in [0.2, 0.25) is 0 Å². The highest BCUT2D eigenvalue weighted by molar-refractivity contribution is 6.01. The zero-order chi connectivity index (χ0) is 11.7. The molecule has 0 fully saturated rings. The number of fused-ring (bicyclic) bond motifs is 1. The van der Waals surface area contributed by atoms with Crippen molar-refractivity contribution in [1.29, 1.82) is 0 Å². The summed E-state index contributed by atoms with van der Waals surface area (Å²) in [6.45, 7) is 4.25. The van der Waals surface area contributed by atoms with E-state index in [-0.39, 0.29) is 0 Å². The van der Waals surface area contributed by atoms with Crippen molar-refractivity contribution in [3.63, 3.8) is 0 Å². The second kappa shape index (κ2) is 3.96. The summed E-state index contributed by atoms with van der Waals surface area (Å²) < 4.78 is 4.66. The van der Waals surface area contributed by atoms with Crippen LogP contribution < -0.4 is 0 Å². The van der Waals surface area contributed by atoms with E-state index >= 15 is 0 Å². The average molecular weight is 218 g/mol. The molecule has 4 nitrogen and oxygen atoms in total. The predicted octanol–water partition coefficient (Wildman–Crippen LogP) is 2.47. The van der Waals surface area contributed by atoms with Crippen LogP contribution in [-0.4, -0.2) is 23.3 Å². The second-order valence-corrected chi connectivity index (χ2v) is 4.02. The van der Waals surface area contributed by atoms with E-state index in [1.165, 1.54) is 12.7 Å². The zero-order valence-electron chi connectivity index (χ0n) is 9.57. The Kier molecular flexibility index (Phi) is 2.64. The minimum absolute atomic E-state index is 0.341. The van der Waals surface area contributed by atoms with Crippen molar-refractivity contribution in [3.8, 4) is 0 Å². The Morgan fingerprint density at radius 1 is 1.44 bits per heavy atom. The van der Waals surface area contributed by atoms with Gasteiger partial charge in [0.05, 0.1) is 12.6 Å². The largest absolute Gasteiger partial charge is 0.464 e. The molecule has 0 spiro atoms. The molecule has 0 bridgehead atoms. The van der Waals surface area contributed by atoms with Gasteiger partial charge in [-0.3, -0.25) is 5.10 Å². The fraction of sp³-hybridized carbons (Fsp3) is 0.333. The van der Waals surface area contributed by atoms with E-state index in [2.05, 4.69) is 28.8 Å². The summed E-state index contributed by atoms with van der Waals surface area (Å²) in [5.41, 5.74) is 2.42. The number of carbonyl (C=O) groups excluding carboxylic acids is 1. The minimum Gasteiger partial charge on any atom is -0.464 e. The topological polar surface area (TPSA) is 55.0 Å². The Labute approximate surface area is 93.6 Å². The van der Waals surface area contributed by atoms with E-state index in [1.807, 2.05) is 18.2 Å². The quantitative estimate of drug-likeness (QED) is 0.788. The number of H-pyrrole nitrogens is 1. The summed E-state index contributed by atoms with van der Waals surface area (Å²) in [7, 11) is 1.35. The molecule has 0 atom stereocenters. The standard InChI is InChI=1S/C12H14N2O2/c1-7(2)8-4-5-9-10(6-8)13-14-11(9)12(15)16-3/h4-7H,1-3H3,(H,13,14). The zero-order valence-corrected chi connectivity index (χ0v) is 9.57. The number of rotatable bonds is 2. The van der Waals surface area contributed by atoms with Gasteiger partial charge in [0.25, 0.3) is 0 Å². The van der Waals surface area contributed by atoms with E-state index in [9.17, 15) is 4.79 Å². The van der Waals surface area contributed by atoms with Crippen LogP contribution in [0.15, 0.2) is 18.2 Å². The summed E-state index contributed by atoms with van der Waals surface area (Å²) in [5.74, 6) is 0.0397. The molecule has 16 heavy (non-hydrogen) atoms. The van der Waals surface area contributed by atoms with Crippen molar-refractivity contribution in [1.82, 2.24) is 10.2 Å². The first-order valence-corrected chi connectivity index (χ1v) is 5.20. The van der Waals surface area contributed by atoms with Gasteiger partial charge in [-0.1, -0.05) is 26.0 Å². The monoisotopic (exact) mass is 218 g/mol. The maximum absolute atomic E-state index is 11.4. The van der Waals surface area contributed by atoms with Crippen molar-refractivity contribution in [3.05, 3.63) is 29.5 Å². The number of methoxy groups -OCH3 is 1. The smallest absolute Gasteiger partial charge is 0.359 e. The molecule has 1 aromatic carbocycles. The lowest BCUT2D eigenvalue weighted by Gasteiger charge is -2.04. The molecule has 1 N–H and O–H groups in total. The number of benzene rings is 1. The molecule has 0 aliphatic heterocycles. The van der Waals surface area contributed by atoms with Crippen molar-refractivity contribution >= 4 is 16.9 Å². The highest BCUT2D eigenvalue weighted by Gasteiger charge is 2.14. The molecule has 1 aromatic heterocycles. The number of hydrogen-bond donors (Lipinski definition) is 1. The Morgan fingerprint density at radius 2 is 2.19 bits per heavy atom. The van der Waals surface area contributed by atoms with Gasteiger partial charge in [-0.25, -0.2) is 4.79 Å². The van der Waals surface area contributed by atoms with Crippen LogP contribution in [0.1, 0.15) is 35.8 Å². The van der Waals surface area contributed by atoms with Crippen LogP contribution in [-0.2, 0) is 4.74 Å². The third-order valence-electron chi connectivity index (χ3n) is 2.63. The molecule has 2 aromatic rings. The van der Waals surface area contributed by atoms with Crippen LogP contribution >= 0.6 is 0 Å². The molecule has 0 aliphatic rings. The van der Waals surface area contributed by atoms with Crippen LogP contribution in [0.5, 0.6) is 0 Å². The summed E-state index contributed by atoms with van der Waals surface area (Å²) in [6.07, 6.45) is 0. The number of aromatic amines is 1. The fourth-order valence-electron chi connectivity index (χ4n) is 1.65. The predicted molar refractivity (Wildman–Crippen MR) is 61.5 cm³/mol. The highest BCUT2D eigenvalue weighted by Crippen LogP contribution is 2.22. The number of esters is 1. The van der Waals surface area contributed by atoms with Crippen molar-refractivity contribution < 1.29 is 9.53 Å². The van der Waals surface area contributed by atoms with Crippen LogP contribution in [0, 0.1) is 0 Å². The highest BCUT2D eigenvalue weighted by atomic mass is 16.5. The molecule has 2 rings (SSSR count). The molecule has 0 saturated carbocycles. The summed E-state index contributed by atoms with van der Waals surface area (Å²) in [4.78, 5) is 11.4. The molecule has 0 unspecified atom stereocenters. The van der Waals surface area contributed by atoms with Crippen LogP contribution in [0.3, 0.4) is 0 Å². The number of carbonyl (C=O) groups is 1. The Morgan fingerprint density at radius 3 is 2.81 bits per heavy atom. The number of nitrogens with one attached hydrogen (secondary N) is 1. The first-order valence-electron chi connectivity index (χ1n) is 5.20. The second-order valence-electron chi connectivity index (χ2n) is 4.02. The Bertz CT molecular complexity index is 529. The first kappa shape index (κ1) is 10.7. The number of ether oxygens (including phenoxy) is 1. The minimum atomic E-state index is -0.413. The van der Waals surface area contributed by atoms with Crippen LogP contribution in [0.4, 0.5) is 0 Å². The van der Waals surface area contributed by atoms with Crippen LogP contribution in [0.2, 0.25) is 0 Å². The lowest BCUT2D eigenvalue weighted by atomic mass is 10.0. The molecule has 0 saturated heterocycles. The molecule has 1 heterocycles. The maximum Gasteiger partial charge on any atom is 0.359 e. The van der Waals surface area contributed by atoms with Gasteiger partial charge < -0.3 is 4.74 Å². The lowest BCUT2D eigenvalue weighted by Crippen LogP contribution is -2.01. The normalized spacial score (nSPS) is 11.0. The fourth-order valence-corrected chi connectivity index (χ4v) is 1.65. The van der Waals surface area contributed by atoms with E-state index in [1.54, 1.807) is 0 Å². The molecular formula is C12H14N2O2. The molecule has 4 heteroatoms. The van der Waals surface area contributed by atoms with E-state index in [0.29, 0.717) is 11.6 Å². The molecule has 0 amide bonds. The average Bonchev–Trinajstić information content (AvgIpc) is 2.70.